The van der Waals surface area contributed by atoms with E-state index < -0.39 is 41.9 Å². The van der Waals surface area contributed by atoms with Crippen LogP contribution in [-0.4, -0.2) is 81.3 Å². The van der Waals surface area contributed by atoms with Gasteiger partial charge in [0.1, 0.15) is 17.1 Å². The third kappa shape index (κ3) is 19.9. The van der Waals surface area contributed by atoms with Crippen LogP contribution in [0.4, 0.5) is 4.79 Å². The number of phenols is 2. The number of alkyl carbamates (subject to hydrolysis) is 1. The lowest BCUT2D eigenvalue weighted by Crippen LogP contribution is -2.48. The Labute approximate surface area is 304 Å². The van der Waals surface area contributed by atoms with Crippen LogP contribution in [0.1, 0.15) is 98.1 Å². The molecule has 0 saturated heterocycles. The quantitative estimate of drug-likeness (QED) is 0.0949. The zero-order valence-electron chi connectivity index (χ0n) is 31.7. The molecule has 0 heterocycles. The van der Waals surface area contributed by atoms with Gasteiger partial charge >= 0.3 is 6.09 Å². The van der Waals surface area contributed by atoms with E-state index in [4.69, 9.17) is 10.5 Å². The molecule has 0 aliphatic heterocycles. The zero-order valence-corrected chi connectivity index (χ0v) is 31.7. The molecule has 0 aliphatic carbocycles. The van der Waals surface area contributed by atoms with Crippen LogP contribution in [0.2, 0.25) is 0 Å². The van der Waals surface area contributed by atoms with E-state index in [1.165, 1.54) is 0 Å². The minimum atomic E-state index is -0.961. The maximum absolute atomic E-state index is 12.3. The summed E-state index contributed by atoms with van der Waals surface area (Å²) in [5.74, 6) is -0.557. The smallest absolute Gasteiger partial charge is 0.407 e. The Bertz CT molecular complexity index is 1320. The molecule has 0 saturated carbocycles. The van der Waals surface area contributed by atoms with Crippen molar-refractivity contribution in [3.63, 3.8) is 0 Å². The first-order valence-corrected chi connectivity index (χ1v) is 18.2. The molecule has 51 heavy (non-hydrogen) atoms. The second-order valence-corrected chi connectivity index (χ2v) is 14.4. The largest absolute Gasteiger partial charge is 0.508 e. The third-order valence-electron chi connectivity index (χ3n) is 8.15. The molecule has 2 aromatic carbocycles. The van der Waals surface area contributed by atoms with E-state index in [1.807, 2.05) is 13.0 Å². The molecule has 0 bridgehead atoms. The standard InChI is InChI=1S/C22H36N2O5.C17H28N2O3/c1-6-7-11-23-20(27)15(2)12-19(26)18(24-21(28)29-22(3,4)5)14-16-9-8-10-17(25)13-16;1-3-4-8-19-17(22)12(2)9-16(21)15(18)11-13-6-5-7-14(20)10-13/h8-10,13,15,18-19,25-26H,6-7,11-12,14H2,1-5H3,(H,23,27)(H,24,28);5-7,10,12,15-16,20-21H,3-4,8-9,11,18H2,1-2H3,(H,19,22)/t15-,18+,19+;12-,15+,16+/m11/s1. The average Bonchev–Trinajstić information content (AvgIpc) is 3.04. The normalized spacial score (nSPS) is 14.8. The van der Waals surface area contributed by atoms with Crippen molar-refractivity contribution in [3.8, 4) is 11.5 Å². The van der Waals surface area contributed by atoms with E-state index >= 15 is 0 Å². The van der Waals surface area contributed by atoms with Crippen LogP contribution in [0, 0.1) is 11.8 Å². The van der Waals surface area contributed by atoms with Crippen LogP contribution in [0.15, 0.2) is 48.5 Å². The molecule has 0 aromatic heterocycles. The van der Waals surface area contributed by atoms with Crippen molar-refractivity contribution >= 4 is 17.9 Å². The van der Waals surface area contributed by atoms with Crippen molar-refractivity contribution in [2.24, 2.45) is 17.6 Å². The van der Waals surface area contributed by atoms with Gasteiger partial charge in [0.15, 0.2) is 0 Å². The number of amides is 3. The Balaban J connectivity index is 0.000000530. The summed E-state index contributed by atoms with van der Waals surface area (Å²) in [5, 5.41) is 48.5. The van der Waals surface area contributed by atoms with Gasteiger partial charge in [-0.05, 0) is 94.7 Å². The molecule has 2 rings (SSSR count). The fraction of sp³-hybridized carbons (Fsp3) is 0.615. The Morgan fingerprint density at radius 1 is 0.765 bits per heavy atom. The summed E-state index contributed by atoms with van der Waals surface area (Å²) < 4.78 is 5.31. The van der Waals surface area contributed by atoms with Crippen molar-refractivity contribution in [2.75, 3.05) is 13.1 Å². The fourth-order valence-electron chi connectivity index (χ4n) is 5.17. The highest BCUT2D eigenvalue weighted by molar-refractivity contribution is 5.78. The highest BCUT2D eigenvalue weighted by Gasteiger charge is 2.28. The number of hydrogen-bond donors (Lipinski definition) is 8. The summed E-state index contributed by atoms with van der Waals surface area (Å²) >= 11 is 0. The summed E-state index contributed by atoms with van der Waals surface area (Å²) in [6.45, 7) is 14.2. The maximum atomic E-state index is 12.3. The third-order valence-corrected chi connectivity index (χ3v) is 8.15. The lowest BCUT2D eigenvalue weighted by atomic mass is 9.93. The highest BCUT2D eigenvalue weighted by atomic mass is 16.6. The van der Waals surface area contributed by atoms with Gasteiger partial charge in [-0.2, -0.15) is 0 Å². The number of aromatic hydroxyl groups is 2. The molecule has 288 valence electrons. The second-order valence-electron chi connectivity index (χ2n) is 14.4. The molecule has 9 N–H and O–H groups in total. The molecule has 6 atom stereocenters. The summed E-state index contributed by atoms with van der Waals surface area (Å²) in [5.41, 5.74) is 6.96. The van der Waals surface area contributed by atoms with Crippen molar-refractivity contribution in [3.05, 3.63) is 59.7 Å². The second kappa shape index (κ2) is 23.6. The number of phenolic OH excluding ortho intramolecular Hbond substituents is 2. The minimum absolute atomic E-state index is 0.0444. The molecular weight excluding hydrogens is 652 g/mol. The molecule has 0 spiro atoms. The van der Waals surface area contributed by atoms with E-state index in [0.717, 1.165) is 36.8 Å². The molecule has 12 nitrogen and oxygen atoms in total. The first-order valence-electron chi connectivity index (χ1n) is 18.2. The Kier molecular flexibility index (Phi) is 20.9. The lowest BCUT2D eigenvalue weighted by Gasteiger charge is -2.28. The van der Waals surface area contributed by atoms with E-state index in [-0.39, 0.29) is 35.7 Å². The predicted octanol–water partition coefficient (Wildman–Crippen LogP) is 4.70. The number of carbonyl (C=O) groups is 3. The van der Waals surface area contributed by atoms with Crippen LogP contribution in [0.25, 0.3) is 0 Å². The Hall–Kier alpha value is -3.87. The number of carbonyl (C=O) groups excluding carboxylic acids is 3. The Morgan fingerprint density at radius 3 is 1.65 bits per heavy atom. The minimum Gasteiger partial charge on any atom is -0.508 e. The number of nitrogens with two attached hydrogens (primary N) is 1. The highest BCUT2D eigenvalue weighted by Crippen LogP contribution is 2.19. The van der Waals surface area contributed by atoms with Crippen LogP contribution in [0.3, 0.4) is 0 Å². The topological polar surface area (TPSA) is 203 Å². The summed E-state index contributed by atoms with van der Waals surface area (Å²) in [7, 11) is 0. The molecule has 3 amide bonds. The van der Waals surface area contributed by atoms with E-state index in [1.54, 1.807) is 77.1 Å². The van der Waals surface area contributed by atoms with Gasteiger partial charge in [0, 0.05) is 31.0 Å². The van der Waals surface area contributed by atoms with Crippen molar-refractivity contribution in [2.45, 2.75) is 130 Å². The van der Waals surface area contributed by atoms with Crippen LogP contribution >= 0.6 is 0 Å². The molecular formula is C39H64N4O8. The van der Waals surface area contributed by atoms with Gasteiger partial charge in [-0.25, -0.2) is 4.79 Å². The van der Waals surface area contributed by atoms with E-state index in [9.17, 15) is 34.8 Å². The maximum Gasteiger partial charge on any atom is 0.407 e. The number of nitrogens with one attached hydrogen (secondary N) is 3. The number of benzene rings is 2. The summed E-state index contributed by atoms with van der Waals surface area (Å²) in [4.78, 5) is 36.4. The Morgan fingerprint density at radius 2 is 1.22 bits per heavy atom. The monoisotopic (exact) mass is 716 g/mol. The first kappa shape index (κ1) is 45.2. The van der Waals surface area contributed by atoms with Gasteiger partial charge in [-0.3, -0.25) is 9.59 Å². The predicted molar refractivity (Wildman–Crippen MR) is 200 cm³/mol. The summed E-state index contributed by atoms with van der Waals surface area (Å²) in [6, 6.07) is 12.3. The molecule has 0 radical (unpaired) electrons. The number of aliphatic hydroxyl groups excluding tert-OH is 2. The van der Waals surface area contributed by atoms with Gasteiger partial charge in [-0.15, -0.1) is 0 Å². The molecule has 12 heteroatoms. The number of rotatable bonds is 19. The van der Waals surface area contributed by atoms with Gasteiger partial charge in [0.2, 0.25) is 11.8 Å². The van der Waals surface area contributed by atoms with Crippen molar-refractivity contribution in [1.29, 1.82) is 0 Å². The molecule has 0 fully saturated rings. The van der Waals surface area contributed by atoms with Crippen molar-refractivity contribution in [1.82, 2.24) is 16.0 Å². The number of unbranched alkanes of at least 4 members (excludes halogenated alkanes) is 2. The average molecular weight is 717 g/mol. The molecule has 0 aliphatic rings. The number of aliphatic hydroxyl groups is 2. The fourth-order valence-corrected chi connectivity index (χ4v) is 5.17. The van der Waals surface area contributed by atoms with Crippen molar-refractivity contribution < 1.29 is 39.5 Å². The molecule has 2 aromatic rings. The SMILES string of the molecule is CCCCNC(=O)[C@H](C)C[C@H](O)[C@@H](N)Cc1cccc(O)c1.CCCCNC(=O)[C@H](C)C[C@H](O)[C@H](Cc1cccc(O)c1)NC(=O)OC(C)(C)C. The summed E-state index contributed by atoms with van der Waals surface area (Å²) in [6.07, 6.45) is 2.80. The number of hydrogen-bond acceptors (Lipinski definition) is 9. The first-order chi connectivity index (χ1) is 23.9. The van der Waals surface area contributed by atoms with Crippen LogP contribution in [0.5, 0.6) is 11.5 Å². The lowest BCUT2D eigenvalue weighted by molar-refractivity contribution is -0.126. The van der Waals surface area contributed by atoms with Gasteiger partial charge in [0.25, 0.3) is 0 Å². The van der Waals surface area contributed by atoms with Gasteiger partial charge < -0.3 is 46.8 Å². The molecule has 0 unspecified atom stereocenters. The van der Waals surface area contributed by atoms with Crippen LogP contribution < -0.4 is 21.7 Å². The van der Waals surface area contributed by atoms with E-state index in [0.29, 0.717) is 32.4 Å². The van der Waals surface area contributed by atoms with Gasteiger partial charge in [0.05, 0.1) is 18.2 Å². The number of ether oxygens (including phenoxy) is 1. The van der Waals surface area contributed by atoms with E-state index in [2.05, 4.69) is 22.9 Å². The van der Waals surface area contributed by atoms with Crippen LogP contribution in [-0.2, 0) is 27.2 Å². The van der Waals surface area contributed by atoms with Gasteiger partial charge in [-0.1, -0.05) is 64.8 Å². The zero-order chi connectivity index (χ0) is 38.6.